The number of aromatic nitrogens is 1. The first kappa shape index (κ1) is 42.2. The molecule has 0 radical (unpaired) electrons. The first-order chi connectivity index (χ1) is 28.6. The monoisotopic (exact) mass is 757 g/mol. The Labute approximate surface area is 345 Å². The average Bonchev–Trinajstić information content (AvgIpc) is 3.66. The number of fused-ring (bicyclic) bond motifs is 4. The van der Waals surface area contributed by atoms with Crippen LogP contribution in [0.1, 0.15) is 56.9 Å². The Balaban J connectivity index is 0.000000204. The van der Waals surface area contributed by atoms with Crippen molar-refractivity contribution in [2.75, 3.05) is 5.32 Å². The van der Waals surface area contributed by atoms with E-state index < -0.39 is 0 Å². The van der Waals surface area contributed by atoms with E-state index >= 15 is 0 Å². The van der Waals surface area contributed by atoms with E-state index in [-0.39, 0.29) is 0 Å². The van der Waals surface area contributed by atoms with Gasteiger partial charge >= 0.3 is 0 Å². The molecule has 8 rings (SSSR count). The number of hydrogen-bond donors (Lipinski definition) is 2. The van der Waals surface area contributed by atoms with Crippen molar-refractivity contribution in [2.24, 2.45) is 4.99 Å². The summed E-state index contributed by atoms with van der Waals surface area (Å²) in [5, 5.41) is 8.51. The molecule has 58 heavy (non-hydrogen) atoms. The Bertz CT molecular complexity index is 2660. The Morgan fingerprint density at radius 2 is 1.33 bits per heavy atom. The number of anilines is 2. The number of benzene rings is 7. The highest BCUT2D eigenvalue weighted by atomic mass is 14.9. The van der Waals surface area contributed by atoms with Gasteiger partial charge in [0.1, 0.15) is 0 Å². The Morgan fingerprint density at radius 1 is 0.672 bits per heavy atom. The molecule has 0 atom stereocenters. The van der Waals surface area contributed by atoms with Crippen LogP contribution < -0.4 is 5.32 Å². The second-order valence-electron chi connectivity index (χ2n) is 13.1. The molecule has 0 fully saturated rings. The molecule has 0 aliphatic rings. The summed E-state index contributed by atoms with van der Waals surface area (Å²) in [6.07, 6.45) is 10.8. The van der Waals surface area contributed by atoms with Crippen LogP contribution in [0.15, 0.2) is 194 Å². The third-order valence-corrected chi connectivity index (χ3v) is 9.60. The maximum atomic E-state index is 4.17. The number of nitrogens with one attached hydrogen (secondary N) is 2. The zero-order chi connectivity index (χ0) is 41.3. The lowest BCUT2D eigenvalue weighted by molar-refractivity contribution is 1.18. The van der Waals surface area contributed by atoms with Gasteiger partial charge in [0.05, 0.1) is 11.4 Å². The van der Waals surface area contributed by atoms with Crippen molar-refractivity contribution in [2.45, 2.75) is 41.0 Å². The SMILES string of the molecule is C=C/C(=C\C=C/C)c1cc(Cc2ccccc2N=C)cc(-c2ccccc2)c1.C=Cc1ccc2[nH]c3cc4ccccc4cc3c2c1Nc1ccccc1.CC.CC. The van der Waals surface area contributed by atoms with E-state index in [1.54, 1.807) is 0 Å². The van der Waals surface area contributed by atoms with E-state index in [1.165, 1.54) is 43.8 Å². The first-order valence-electron chi connectivity index (χ1n) is 20.2. The van der Waals surface area contributed by atoms with Gasteiger partial charge in [-0.3, -0.25) is 4.99 Å². The fraction of sp³-hybridized carbons (Fsp3) is 0.109. The molecule has 0 bridgehead atoms. The lowest BCUT2D eigenvalue weighted by Crippen LogP contribution is -1.93. The molecule has 3 nitrogen and oxygen atoms in total. The van der Waals surface area contributed by atoms with Crippen molar-refractivity contribution in [1.29, 1.82) is 0 Å². The number of allylic oxidation sites excluding steroid dienone is 5. The number of nitrogens with zero attached hydrogens (tertiary/aromatic N) is 1. The van der Waals surface area contributed by atoms with Crippen LogP contribution in [-0.4, -0.2) is 11.7 Å². The number of aromatic amines is 1. The summed E-state index contributed by atoms with van der Waals surface area (Å²) in [6, 6.07) is 52.8. The van der Waals surface area contributed by atoms with Gasteiger partial charge in [-0.2, -0.15) is 0 Å². The molecule has 1 heterocycles. The minimum absolute atomic E-state index is 0.802. The largest absolute Gasteiger partial charge is 0.354 e. The number of H-pyrrole nitrogens is 1. The van der Waals surface area contributed by atoms with Gasteiger partial charge in [-0.1, -0.05) is 180 Å². The predicted molar refractivity (Wildman–Crippen MR) is 259 cm³/mol. The van der Waals surface area contributed by atoms with Gasteiger partial charge in [-0.25, -0.2) is 0 Å². The molecule has 0 spiro atoms. The highest BCUT2D eigenvalue weighted by molar-refractivity contribution is 6.18. The van der Waals surface area contributed by atoms with Gasteiger partial charge in [-0.05, 0) is 112 Å². The number of para-hydroxylation sites is 2. The zero-order valence-electron chi connectivity index (χ0n) is 34.6. The Hall–Kier alpha value is -6.97. The van der Waals surface area contributed by atoms with E-state index in [9.17, 15) is 0 Å². The third kappa shape index (κ3) is 10.1. The summed E-state index contributed by atoms with van der Waals surface area (Å²) in [5.74, 6) is 0. The number of aliphatic imine (C=N–C) groups is 1. The van der Waals surface area contributed by atoms with Crippen molar-refractivity contribution in [3.8, 4) is 11.1 Å². The van der Waals surface area contributed by atoms with Crippen LogP contribution in [0.2, 0.25) is 0 Å². The minimum atomic E-state index is 0.802. The Morgan fingerprint density at radius 3 is 2.00 bits per heavy atom. The molecule has 0 aliphatic heterocycles. The molecule has 290 valence electrons. The van der Waals surface area contributed by atoms with E-state index in [1.807, 2.05) is 101 Å². The van der Waals surface area contributed by atoms with Crippen molar-refractivity contribution in [3.63, 3.8) is 0 Å². The summed E-state index contributed by atoms with van der Waals surface area (Å²) in [5.41, 5.74) is 13.5. The lowest BCUT2D eigenvalue weighted by Gasteiger charge is -2.12. The second kappa shape index (κ2) is 21.4. The van der Waals surface area contributed by atoms with Gasteiger partial charge < -0.3 is 10.3 Å². The molecular formula is C55H55N3. The molecule has 0 aliphatic carbocycles. The molecule has 3 heteroatoms. The van der Waals surface area contributed by atoms with Gasteiger partial charge in [-0.15, -0.1) is 0 Å². The van der Waals surface area contributed by atoms with Crippen LogP contribution in [0.5, 0.6) is 0 Å². The standard InChI is InChI=1S/C27H25N.C24H18N2.2C2H6/c1-4-6-12-22(5-2)25-18-21(17-24-15-10-11-16-27(24)28-3)19-26(20-25)23-13-8-7-9-14-23;1-2-16-12-13-21-23(24(16)25-19-10-4-3-5-11-19)20-14-17-8-6-7-9-18(17)15-22(20)26-21;2*1-2/h4-16,18-20H,2-3,17H2,1H3;2-15,25-26H,1H2;2*1-2H3/b6-4-,22-12+;;;. The summed E-state index contributed by atoms with van der Waals surface area (Å²) in [7, 11) is 0. The highest BCUT2D eigenvalue weighted by Gasteiger charge is 2.13. The Kier molecular flexibility index (Phi) is 15.5. The third-order valence-electron chi connectivity index (χ3n) is 9.60. The topological polar surface area (TPSA) is 40.2 Å². The lowest BCUT2D eigenvalue weighted by atomic mass is 9.93. The van der Waals surface area contributed by atoms with Crippen LogP contribution in [0.25, 0.3) is 55.4 Å². The van der Waals surface area contributed by atoms with E-state index in [0.29, 0.717) is 0 Å². The zero-order valence-corrected chi connectivity index (χ0v) is 34.6. The first-order valence-corrected chi connectivity index (χ1v) is 20.2. The average molecular weight is 758 g/mol. The van der Waals surface area contributed by atoms with Gasteiger partial charge in [0.2, 0.25) is 0 Å². The van der Waals surface area contributed by atoms with Crippen LogP contribution in [-0.2, 0) is 6.42 Å². The van der Waals surface area contributed by atoms with Gasteiger partial charge in [0.15, 0.2) is 0 Å². The fourth-order valence-corrected chi connectivity index (χ4v) is 6.94. The summed E-state index contributed by atoms with van der Waals surface area (Å²) >= 11 is 0. The molecule has 0 amide bonds. The minimum Gasteiger partial charge on any atom is -0.354 e. The molecule has 1 aromatic heterocycles. The van der Waals surface area contributed by atoms with Crippen molar-refractivity contribution < 1.29 is 0 Å². The molecule has 0 unspecified atom stereocenters. The van der Waals surface area contributed by atoms with Gasteiger partial charge in [0.25, 0.3) is 0 Å². The molecule has 7 aromatic carbocycles. The van der Waals surface area contributed by atoms with E-state index in [0.717, 1.165) is 51.2 Å². The number of rotatable bonds is 10. The smallest absolute Gasteiger partial charge is 0.0657 e. The van der Waals surface area contributed by atoms with Gasteiger partial charge in [0, 0.05) is 27.5 Å². The molecule has 0 saturated carbocycles. The summed E-state index contributed by atoms with van der Waals surface area (Å²) in [4.78, 5) is 7.75. The maximum Gasteiger partial charge on any atom is 0.0657 e. The molecule has 2 N–H and O–H groups in total. The van der Waals surface area contributed by atoms with Crippen LogP contribution in [0.4, 0.5) is 17.1 Å². The summed E-state index contributed by atoms with van der Waals surface area (Å²) in [6.45, 7) is 21.7. The van der Waals surface area contributed by atoms with E-state index in [4.69, 9.17) is 0 Å². The molecular weight excluding hydrogens is 703 g/mol. The number of hydrogen-bond acceptors (Lipinski definition) is 2. The molecule has 8 aromatic rings. The highest BCUT2D eigenvalue weighted by Crippen LogP contribution is 2.38. The van der Waals surface area contributed by atoms with Crippen LogP contribution in [0.3, 0.4) is 0 Å². The van der Waals surface area contributed by atoms with Crippen molar-refractivity contribution in [3.05, 3.63) is 211 Å². The van der Waals surface area contributed by atoms with Crippen LogP contribution >= 0.6 is 0 Å². The summed E-state index contributed by atoms with van der Waals surface area (Å²) < 4.78 is 0. The van der Waals surface area contributed by atoms with Crippen molar-refractivity contribution >= 4 is 68.0 Å². The quantitative estimate of drug-likeness (QED) is 0.106. The van der Waals surface area contributed by atoms with Crippen molar-refractivity contribution in [1.82, 2.24) is 4.98 Å². The predicted octanol–water partition coefficient (Wildman–Crippen LogP) is 16.3. The normalized spacial score (nSPS) is 10.8. The molecule has 0 saturated heterocycles. The second-order valence-corrected chi connectivity index (χ2v) is 13.1. The fourth-order valence-electron chi connectivity index (χ4n) is 6.94. The maximum absolute atomic E-state index is 4.17. The van der Waals surface area contributed by atoms with Crippen LogP contribution in [0, 0.1) is 0 Å². The van der Waals surface area contributed by atoms with E-state index in [2.05, 4.69) is 150 Å².